The van der Waals surface area contributed by atoms with Crippen LogP contribution in [0.4, 0.5) is 0 Å². The first-order valence-electron chi connectivity index (χ1n) is 6.45. The number of hydrogen-bond donors (Lipinski definition) is 3. The molecule has 1 aliphatic rings. The molecule has 0 aliphatic heterocycles. The lowest BCUT2D eigenvalue weighted by Crippen LogP contribution is -2.48. The highest BCUT2D eigenvalue weighted by Gasteiger charge is 2.29. The molecular weight excluding hydrogens is 262 g/mol. The van der Waals surface area contributed by atoms with Crippen molar-refractivity contribution in [3.8, 4) is 0 Å². The second-order valence-corrected chi connectivity index (χ2v) is 5.87. The second kappa shape index (κ2) is 6.16. The van der Waals surface area contributed by atoms with E-state index < -0.39 is 6.04 Å². The van der Waals surface area contributed by atoms with Gasteiger partial charge in [-0.05, 0) is 37.1 Å². The van der Waals surface area contributed by atoms with Crippen molar-refractivity contribution >= 4 is 23.2 Å². The molecule has 0 spiro atoms. The first kappa shape index (κ1) is 14.0. The van der Waals surface area contributed by atoms with Crippen LogP contribution in [0.3, 0.4) is 0 Å². The number of hydrogen-bond acceptors (Lipinski definition) is 4. The Morgan fingerprint density at radius 3 is 2.84 bits per heavy atom. The highest BCUT2D eigenvalue weighted by molar-refractivity contribution is 7.12. The molecule has 6 heteroatoms. The Hall–Kier alpha value is -1.40. The van der Waals surface area contributed by atoms with Crippen molar-refractivity contribution in [1.82, 2.24) is 10.6 Å². The number of nitrogens with two attached hydrogens (primary N) is 1. The normalized spacial score (nSPS) is 17.6. The summed E-state index contributed by atoms with van der Waals surface area (Å²) in [5, 5.41) is 7.28. The lowest BCUT2D eigenvalue weighted by molar-refractivity contribution is -0.122. The van der Waals surface area contributed by atoms with Crippen LogP contribution >= 0.6 is 11.3 Å². The van der Waals surface area contributed by atoms with Crippen LogP contribution in [0, 0.1) is 5.92 Å². The Labute approximate surface area is 116 Å². The summed E-state index contributed by atoms with van der Waals surface area (Å²) in [5.41, 5.74) is 5.91. The Morgan fingerprint density at radius 1 is 1.53 bits per heavy atom. The maximum atomic E-state index is 11.8. The fourth-order valence-electron chi connectivity index (χ4n) is 1.80. The van der Waals surface area contributed by atoms with Gasteiger partial charge in [0.25, 0.3) is 5.91 Å². The SMILES string of the molecule is CC(NC(=O)c1cccs1)C(=O)NCC(N)C1CC1. The van der Waals surface area contributed by atoms with Gasteiger partial charge >= 0.3 is 0 Å². The lowest BCUT2D eigenvalue weighted by Gasteiger charge is -2.16. The molecule has 2 atom stereocenters. The van der Waals surface area contributed by atoms with Crippen LogP contribution in [0.15, 0.2) is 17.5 Å². The van der Waals surface area contributed by atoms with Crippen LogP contribution in [0.25, 0.3) is 0 Å². The van der Waals surface area contributed by atoms with E-state index in [2.05, 4.69) is 10.6 Å². The molecule has 1 aromatic rings. The van der Waals surface area contributed by atoms with Gasteiger partial charge in [0, 0.05) is 12.6 Å². The van der Waals surface area contributed by atoms with Gasteiger partial charge in [0.2, 0.25) is 5.91 Å². The van der Waals surface area contributed by atoms with Crippen molar-refractivity contribution in [3.05, 3.63) is 22.4 Å². The van der Waals surface area contributed by atoms with E-state index in [-0.39, 0.29) is 17.9 Å². The third-order valence-electron chi connectivity index (χ3n) is 3.23. The van der Waals surface area contributed by atoms with Crippen molar-refractivity contribution < 1.29 is 9.59 Å². The van der Waals surface area contributed by atoms with E-state index in [9.17, 15) is 9.59 Å². The molecule has 0 bridgehead atoms. The molecule has 104 valence electrons. The molecular formula is C13H19N3O2S. The number of carbonyl (C=O) groups excluding carboxylic acids is 2. The van der Waals surface area contributed by atoms with Crippen molar-refractivity contribution in [3.63, 3.8) is 0 Å². The largest absolute Gasteiger partial charge is 0.353 e. The Morgan fingerprint density at radius 2 is 2.26 bits per heavy atom. The summed E-state index contributed by atoms with van der Waals surface area (Å²) < 4.78 is 0. The summed E-state index contributed by atoms with van der Waals surface area (Å²) in [6.07, 6.45) is 2.31. The van der Waals surface area contributed by atoms with Crippen molar-refractivity contribution in [1.29, 1.82) is 0 Å². The molecule has 1 heterocycles. The van der Waals surface area contributed by atoms with Crippen LogP contribution in [0.1, 0.15) is 29.4 Å². The number of nitrogens with one attached hydrogen (secondary N) is 2. The van der Waals surface area contributed by atoms with Crippen LogP contribution < -0.4 is 16.4 Å². The zero-order chi connectivity index (χ0) is 13.8. The van der Waals surface area contributed by atoms with Gasteiger partial charge in [-0.15, -0.1) is 11.3 Å². The maximum absolute atomic E-state index is 11.8. The smallest absolute Gasteiger partial charge is 0.261 e. The highest BCUT2D eigenvalue weighted by Crippen LogP contribution is 2.31. The van der Waals surface area contributed by atoms with E-state index >= 15 is 0 Å². The average molecular weight is 281 g/mol. The van der Waals surface area contributed by atoms with Crippen LogP contribution in [0.5, 0.6) is 0 Å². The summed E-state index contributed by atoms with van der Waals surface area (Å²) in [4.78, 5) is 24.2. The second-order valence-electron chi connectivity index (χ2n) is 4.92. The minimum Gasteiger partial charge on any atom is -0.353 e. The molecule has 1 saturated carbocycles. The third-order valence-corrected chi connectivity index (χ3v) is 4.09. The quantitative estimate of drug-likeness (QED) is 0.718. The van der Waals surface area contributed by atoms with Crippen molar-refractivity contribution in [2.45, 2.75) is 31.8 Å². The highest BCUT2D eigenvalue weighted by atomic mass is 32.1. The van der Waals surface area contributed by atoms with Gasteiger partial charge in [-0.2, -0.15) is 0 Å². The minimum absolute atomic E-state index is 0.0316. The van der Waals surface area contributed by atoms with E-state index in [0.29, 0.717) is 17.3 Å². The molecule has 4 N–H and O–H groups in total. The molecule has 5 nitrogen and oxygen atoms in total. The first-order valence-corrected chi connectivity index (χ1v) is 7.33. The molecule has 19 heavy (non-hydrogen) atoms. The van der Waals surface area contributed by atoms with Crippen LogP contribution in [0.2, 0.25) is 0 Å². The van der Waals surface area contributed by atoms with Crippen LogP contribution in [-0.4, -0.2) is 30.4 Å². The zero-order valence-electron chi connectivity index (χ0n) is 10.9. The van der Waals surface area contributed by atoms with Crippen molar-refractivity contribution in [2.75, 3.05) is 6.54 Å². The average Bonchev–Trinajstić information content (AvgIpc) is 3.10. The van der Waals surface area contributed by atoms with Gasteiger partial charge in [-0.25, -0.2) is 0 Å². The van der Waals surface area contributed by atoms with Gasteiger partial charge in [-0.3, -0.25) is 9.59 Å². The molecule has 1 fully saturated rings. The van der Waals surface area contributed by atoms with Gasteiger partial charge in [0.15, 0.2) is 0 Å². The Balaban J connectivity index is 1.74. The topological polar surface area (TPSA) is 84.2 Å². The summed E-state index contributed by atoms with van der Waals surface area (Å²) >= 11 is 1.35. The van der Waals surface area contributed by atoms with Gasteiger partial charge in [0.1, 0.15) is 6.04 Å². The molecule has 0 aromatic carbocycles. The molecule has 1 aliphatic carbocycles. The summed E-state index contributed by atoms with van der Waals surface area (Å²) in [5.74, 6) is 0.140. The fraction of sp³-hybridized carbons (Fsp3) is 0.538. The number of thiophene rings is 1. The maximum Gasteiger partial charge on any atom is 0.261 e. The predicted molar refractivity (Wildman–Crippen MR) is 75.0 cm³/mol. The molecule has 2 rings (SSSR count). The first-order chi connectivity index (χ1) is 9.08. The number of amides is 2. The molecule has 2 amide bonds. The Kier molecular flexibility index (Phi) is 4.55. The summed E-state index contributed by atoms with van der Waals surface area (Å²) in [7, 11) is 0. The lowest BCUT2D eigenvalue weighted by atomic mass is 10.2. The molecule has 0 radical (unpaired) electrons. The van der Waals surface area contributed by atoms with Gasteiger partial charge < -0.3 is 16.4 Å². The molecule has 2 unspecified atom stereocenters. The van der Waals surface area contributed by atoms with E-state index in [1.54, 1.807) is 19.1 Å². The van der Waals surface area contributed by atoms with Gasteiger partial charge in [-0.1, -0.05) is 6.07 Å². The third kappa shape index (κ3) is 4.04. The minimum atomic E-state index is -0.555. The Bertz CT molecular complexity index is 443. The number of rotatable bonds is 6. The van der Waals surface area contributed by atoms with Gasteiger partial charge in [0.05, 0.1) is 4.88 Å². The fourth-order valence-corrected chi connectivity index (χ4v) is 2.43. The predicted octanol–water partition coefficient (Wildman–Crippen LogP) is 0.720. The van der Waals surface area contributed by atoms with E-state index in [1.807, 2.05) is 5.38 Å². The monoisotopic (exact) mass is 281 g/mol. The van der Waals surface area contributed by atoms with E-state index in [4.69, 9.17) is 5.73 Å². The van der Waals surface area contributed by atoms with Crippen molar-refractivity contribution in [2.24, 2.45) is 11.7 Å². The molecule has 0 saturated heterocycles. The van der Waals surface area contributed by atoms with Crippen LogP contribution in [-0.2, 0) is 4.79 Å². The van der Waals surface area contributed by atoms with E-state index in [1.165, 1.54) is 11.3 Å². The zero-order valence-corrected chi connectivity index (χ0v) is 11.7. The standard InChI is InChI=1S/C13H19N3O2S/c1-8(16-13(18)11-3-2-6-19-11)12(17)15-7-10(14)9-4-5-9/h2-3,6,8-10H,4-5,7,14H2,1H3,(H,15,17)(H,16,18). The summed E-state index contributed by atoms with van der Waals surface area (Å²) in [6.45, 7) is 2.15. The number of carbonyl (C=O) groups is 2. The molecule has 1 aromatic heterocycles. The van der Waals surface area contributed by atoms with E-state index in [0.717, 1.165) is 12.8 Å². The summed E-state index contributed by atoms with van der Waals surface area (Å²) in [6, 6.07) is 3.01.